The lowest BCUT2D eigenvalue weighted by Crippen LogP contribution is -2.47. The summed E-state index contributed by atoms with van der Waals surface area (Å²) < 4.78 is 24.2. The van der Waals surface area contributed by atoms with E-state index >= 15 is 0 Å². The molecule has 0 radical (unpaired) electrons. The third-order valence-electron chi connectivity index (χ3n) is 4.16. The van der Waals surface area contributed by atoms with Crippen molar-refractivity contribution in [2.45, 2.75) is 12.8 Å². The molecule has 0 aliphatic carbocycles. The number of piperidine rings is 1. The van der Waals surface area contributed by atoms with Crippen LogP contribution in [-0.4, -0.2) is 46.4 Å². The number of benzene rings is 1. The standard InChI is InChI=1S/C16H23FN2O3.ClH/c1-21-11-16(5-7-18-8-6-16)10-19-15(20)13-4-3-12(22-2)9-14(13)17;/h3-4,9,18H,5-8,10-11H2,1-2H3,(H,19,20);1H. The molecule has 0 spiro atoms. The third kappa shape index (κ3) is 5.06. The van der Waals surface area contributed by atoms with Gasteiger partial charge < -0.3 is 20.1 Å². The molecule has 0 aromatic heterocycles. The fraction of sp³-hybridized carbons (Fsp3) is 0.562. The lowest BCUT2D eigenvalue weighted by Gasteiger charge is -2.37. The molecule has 1 aliphatic heterocycles. The second kappa shape index (κ2) is 9.05. The zero-order valence-corrected chi connectivity index (χ0v) is 14.3. The van der Waals surface area contributed by atoms with E-state index in [1.165, 1.54) is 19.2 Å². The highest BCUT2D eigenvalue weighted by Gasteiger charge is 2.32. The van der Waals surface area contributed by atoms with Gasteiger partial charge in [-0.3, -0.25) is 4.79 Å². The second-order valence-electron chi connectivity index (χ2n) is 5.71. The number of carbonyl (C=O) groups is 1. The van der Waals surface area contributed by atoms with E-state index in [1.807, 2.05) is 0 Å². The van der Waals surface area contributed by atoms with Crippen molar-refractivity contribution in [3.63, 3.8) is 0 Å². The van der Waals surface area contributed by atoms with Gasteiger partial charge in [-0.2, -0.15) is 0 Å². The van der Waals surface area contributed by atoms with Crippen LogP contribution in [0.15, 0.2) is 18.2 Å². The Kier molecular flexibility index (Phi) is 7.75. The van der Waals surface area contributed by atoms with E-state index in [0.717, 1.165) is 25.9 Å². The average Bonchev–Trinajstić information content (AvgIpc) is 2.54. The molecular weight excluding hydrogens is 323 g/mol. The molecule has 130 valence electrons. The Morgan fingerprint density at radius 1 is 1.35 bits per heavy atom. The molecule has 1 fully saturated rings. The van der Waals surface area contributed by atoms with Crippen LogP contribution in [0, 0.1) is 11.2 Å². The van der Waals surface area contributed by atoms with Crippen LogP contribution < -0.4 is 15.4 Å². The summed E-state index contributed by atoms with van der Waals surface area (Å²) in [5.41, 5.74) is -0.0548. The molecule has 7 heteroatoms. The monoisotopic (exact) mass is 346 g/mol. The minimum atomic E-state index is -0.581. The maximum atomic E-state index is 13.9. The highest BCUT2D eigenvalue weighted by molar-refractivity contribution is 5.94. The van der Waals surface area contributed by atoms with Gasteiger partial charge in [-0.05, 0) is 38.1 Å². The van der Waals surface area contributed by atoms with Crippen molar-refractivity contribution in [1.29, 1.82) is 0 Å². The van der Waals surface area contributed by atoms with Gasteiger partial charge in [0.2, 0.25) is 0 Å². The van der Waals surface area contributed by atoms with Crippen molar-refractivity contribution >= 4 is 18.3 Å². The van der Waals surface area contributed by atoms with Crippen LogP contribution in [0.2, 0.25) is 0 Å². The van der Waals surface area contributed by atoms with Gasteiger partial charge >= 0.3 is 0 Å². The fourth-order valence-electron chi connectivity index (χ4n) is 2.81. The molecule has 1 aromatic carbocycles. The zero-order chi connectivity index (χ0) is 16.0. The molecule has 2 N–H and O–H groups in total. The number of nitrogens with one attached hydrogen (secondary N) is 2. The Labute approximate surface area is 142 Å². The minimum absolute atomic E-state index is 0. The van der Waals surface area contributed by atoms with E-state index in [9.17, 15) is 9.18 Å². The van der Waals surface area contributed by atoms with Crippen LogP contribution in [0.1, 0.15) is 23.2 Å². The van der Waals surface area contributed by atoms with Crippen molar-refractivity contribution in [1.82, 2.24) is 10.6 Å². The van der Waals surface area contributed by atoms with Gasteiger partial charge in [-0.1, -0.05) is 0 Å². The Balaban J connectivity index is 0.00000264. The van der Waals surface area contributed by atoms with Gasteiger partial charge in [0.15, 0.2) is 0 Å². The van der Waals surface area contributed by atoms with Gasteiger partial charge in [-0.25, -0.2) is 4.39 Å². The fourth-order valence-corrected chi connectivity index (χ4v) is 2.81. The Hall–Kier alpha value is -1.37. The molecule has 1 amide bonds. The normalized spacial score (nSPS) is 16.3. The van der Waals surface area contributed by atoms with Crippen LogP contribution >= 0.6 is 12.4 Å². The first-order valence-electron chi connectivity index (χ1n) is 7.42. The molecule has 2 rings (SSSR count). The number of ether oxygens (including phenoxy) is 2. The summed E-state index contributed by atoms with van der Waals surface area (Å²) in [5.74, 6) is -0.597. The third-order valence-corrected chi connectivity index (χ3v) is 4.16. The predicted octanol–water partition coefficient (Wildman–Crippen LogP) is 2.00. The molecule has 23 heavy (non-hydrogen) atoms. The van der Waals surface area contributed by atoms with Crippen LogP contribution in [0.5, 0.6) is 5.75 Å². The largest absolute Gasteiger partial charge is 0.497 e. The second-order valence-corrected chi connectivity index (χ2v) is 5.71. The smallest absolute Gasteiger partial charge is 0.254 e. The zero-order valence-electron chi connectivity index (χ0n) is 13.5. The van der Waals surface area contributed by atoms with E-state index in [2.05, 4.69) is 10.6 Å². The van der Waals surface area contributed by atoms with E-state index in [1.54, 1.807) is 13.2 Å². The summed E-state index contributed by atoms with van der Waals surface area (Å²) >= 11 is 0. The Morgan fingerprint density at radius 3 is 2.61 bits per heavy atom. The van der Waals surface area contributed by atoms with Crippen LogP contribution in [0.25, 0.3) is 0 Å². The molecule has 1 aliphatic rings. The van der Waals surface area contributed by atoms with Gasteiger partial charge in [-0.15, -0.1) is 12.4 Å². The number of rotatable bonds is 6. The molecule has 1 aromatic rings. The topological polar surface area (TPSA) is 59.6 Å². The van der Waals surface area contributed by atoms with Crippen molar-refractivity contribution in [3.8, 4) is 5.75 Å². The highest BCUT2D eigenvalue weighted by Crippen LogP contribution is 2.28. The van der Waals surface area contributed by atoms with Crippen molar-refractivity contribution in [3.05, 3.63) is 29.6 Å². The van der Waals surface area contributed by atoms with Gasteiger partial charge in [0, 0.05) is 25.1 Å². The van der Waals surface area contributed by atoms with Crippen molar-refractivity contribution in [2.75, 3.05) is 40.5 Å². The van der Waals surface area contributed by atoms with E-state index in [0.29, 0.717) is 18.9 Å². The molecule has 1 heterocycles. The van der Waals surface area contributed by atoms with E-state index in [-0.39, 0.29) is 23.4 Å². The quantitative estimate of drug-likeness (QED) is 0.827. The summed E-state index contributed by atoms with van der Waals surface area (Å²) in [6.45, 7) is 2.86. The van der Waals surface area contributed by atoms with Crippen LogP contribution in [0.3, 0.4) is 0 Å². The number of hydrogen-bond donors (Lipinski definition) is 2. The maximum Gasteiger partial charge on any atom is 0.254 e. The Morgan fingerprint density at radius 2 is 2.04 bits per heavy atom. The number of carbonyl (C=O) groups excluding carboxylic acids is 1. The first-order chi connectivity index (χ1) is 10.6. The Bertz CT molecular complexity index is 517. The van der Waals surface area contributed by atoms with Crippen LogP contribution in [-0.2, 0) is 4.74 Å². The van der Waals surface area contributed by atoms with Gasteiger partial charge in [0.25, 0.3) is 5.91 Å². The molecule has 1 saturated heterocycles. The summed E-state index contributed by atoms with van der Waals surface area (Å²) in [5, 5.41) is 6.14. The van der Waals surface area contributed by atoms with Crippen molar-refractivity contribution in [2.24, 2.45) is 5.41 Å². The van der Waals surface area contributed by atoms with Crippen LogP contribution in [0.4, 0.5) is 4.39 Å². The molecule has 0 atom stereocenters. The highest BCUT2D eigenvalue weighted by atomic mass is 35.5. The minimum Gasteiger partial charge on any atom is -0.497 e. The average molecular weight is 347 g/mol. The number of amides is 1. The van der Waals surface area contributed by atoms with Crippen molar-refractivity contribution < 1.29 is 18.7 Å². The molecule has 0 unspecified atom stereocenters. The lowest BCUT2D eigenvalue weighted by molar-refractivity contribution is 0.0511. The summed E-state index contributed by atoms with van der Waals surface area (Å²) in [4.78, 5) is 12.2. The summed E-state index contributed by atoms with van der Waals surface area (Å²) in [7, 11) is 3.12. The SMILES string of the molecule is COCC1(CNC(=O)c2ccc(OC)cc2F)CCNCC1.Cl. The molecule has 0 bridgehead atoms. The first kappa shape index (κ1) is 19.7. The lowest BCUT2D eigenvalue weighted by atomic mass is 9.79. The first-order valence-corrected chi connectivity index (χ1v) is 7.42. The number of methoxy groups -OCH3 is 2. The van der Waals surface area contributed by atoms with E-state index in [4.69, 9.17) is 9.47 Å². The predicted molar refractivity (Wildman–Crippen MR) is 88.9 cm³/mol. The van der Waals surface area contributed by atoms with E-state index < -0.39 is 11.7 Å². The molecule has 5 nitrogen and oxygen atoms in total. The number of hydrogen-bond acceptors (Lipinski definition) is 4. The summed E-state index contributed by atoms with van der Waals surface area (Å²) in [6, 6.07) is 4.23. The molecular formula is C16H24ClFN2O3. The molecule has 0 saturated carbocycles. The van der Waals surface area contributed by atoms with Gasteiger partial charge in [0.1, 0.15) is 11.6 Å². The summed E-state index contributed by atoms with van der Waals surface area (Å²) in [6.07, 6.45) is 1.85. The maximum absolute atomic E-state index is 13.9. The number of halogens is 2. The van der Waals surface area contributed by atoms with Gasteiger partial charge in [0.05, 0.1) is 19.3 Å².